The summed E-state index contributed by atoms with van der Waals surface area (Å²) in [5.74, 6) is -1.21. The number of rotatable bonds is 22. The van der Waals surface area contributed by atoms with Crippen molar-refractivity contribution in [3.8, 4) is 0 Å². The van der Waals surface area contributed by atoms with Gasteiger partial charge in [-0.3, -0.25) is 32.5 Å². The predicted molar refractivity (Wildman–Crippen MR) is 205 cm³/mol. The van der Waals surface area contributed by atoms with Crippen LogP contribution < -0.4 is 22.1 Å². The van der Waals surface area contributed by atoms with Crippen LogP contribution in [0.3, 0.4) is 0 Å². The van der Waals surface area contributed by atoms with Crippen LogP contribution in [0.4, 0.5) is 5.82 Å². The van der Waals surface area contributed by atoms with Gasteiger partial charge >= 0.3 is 23.5 Å². The molecular formula is C30H45N8O17P3S. The summed E-state index contributed by atoms with van der Waals surface area (Å²) in [5.41, 5.74) is 11.1. The maximum absolute atomic E-state index is 12.7. The predicted octanol–water partition coefficient (Wildman–Crippen LogP) is -0.245. The van der Waals surface area contributed by atoms with Crippen molar-refractivity contribution in [2.45, 2.75) is 63.4 Å². The van der Waals surface area contributed by atoms with Gasteiger partial charge in [0.2, 0.25) is 11.8 Å². The topological polar surface area (TPSA) is 390 Å². The van der Waals surface area contributed by atoms with Crippen LogP contribution in [0, 0.1) is 5.41 Å². The molecule has 2 amide bonds. The molecule has 1 aliphatic heterocycles. The summed E-state index contributed by atoms with van der Waals surface area (Å²) in [6, 6.07) is 8.67. The summed E-state index contributed by atoms with van der Waals surface area (Å²) in [7, 11) is -16.4. The van der Waals surface area contributed by atoms with Crippen LogP contribution in [-0.4, -0.2) is 123 Å². The normalized spacial score (nSPS) is 21.6. The van der Waals surface area contributed by atoms with Gasteiger partial charge in [-0.05, 0) is 5.56 Å². The van der Waals surface area contributed by atoms with Crippen molar-refractivity contribution < 1.29 is 80.5 Å². The summed E-state index contributed by atoms with van der Waals surface area (Å²) in [6.45, 7) is 0.400. The summed E-state index contributed by atoms with van der Waals surface area (Å²) in [6.07, 6.45) is -6.86. The first-order valence-corrected chi connectivity index (χ1v) is 22.8. The minimum absolute atomic E-state index is 0.0271. The Balaban J connectivity index is 1.20. The van der Waals surface area contributed by atoms with E-state index in [-0.39, 0.29) is 53.8 Å². The fourth-order valence-electron chi connectivity index (χ4n) is 5.35. The molecule has 8 atom stereocenters. The van der Waals surface area contributed by atoms with Gasteiger partial charge in [0.25, 0.3) is 0 Å². The number of aliphatic hydroxyl groups is 2. The number of ether oxygens (including phenoxy) is 1. The number of hydrogen-bond acceptors (Lipinski definition) is 19. The lowest BCUT2D eigenvalue weighted by Gasteiger charge is -2.30. The second kappa shape index (κ2) is 20.5. The van der Waals surface area contributed by atoms with Crippen LogP contribution in [0.1, 0.15) is 44.5 Å². The molecule has 3 aromatic rings. The first kappa shape index (κ1) is 48.4. The van der Waals surface area contributed by atoms with Gasteiger partial charge in [-0.25, -0.2) is 28.6 Å². The number of nitrogens with zero attached hydrogens (tertiary/aromatic N) is 4. The molecule has 3 unspecified atom stereocenters. The number of thioether (sulfide) groups is 1. The van der Waals surface area contributed by atoms with Crippen LogP contribution in [0.25, 0.3) is 11.2 Å². The highest BCUT2D eigenvalue weighted by molar-refractivity contribution is 8.13. The van der Waals surface area contributed by atoms with Crippen molar-refractivity contribution in [2.75, 3.05) is 37.8 Å². The van der Waals surface area contributed by atoms with Crippen molar-refractivity contribution in [1.29, 1.82) is 0 Å². The Morgan fingerprint density at radius 3 is 2.37 bits per heavy atom. The van der Waals surface area contributed by atoms with Crippen molar-refractivity contribution in [2.24, 2.45) is 11.1 Å². The van der Waals surface area contributed by atoms with E-state index in [4.69, 9.17) is 25.3 Å². The molecule has 4 rings (SSSR count). The Bertz CT molecular complexity index is 2080. The molecule has 0 aliphatic carbocycles. The second-order valence-corrected chi connectivity index (χ2v) is 18.9. The Morgan fingerprint density at radius 2 is 1.69 bits per heavy atom. The largest absolute Gasteiger partial charge is 0.481 e. The SMILES string of the molecule is CC(C)(COP(=O)(O)OP(=O)(O)OC[C@H]1O[C@@H](n2cnc3c(N)ncnc32)[C@H](O)[C@@H]1OP(=O)(O)O)C(O)C(=O)NCCC(=O)NCCSC(=O)C[C@@H](N)c1ccccc1. The molecule has 1 saturated heterocycles. The molecule has 0 bridgehead atoms. The molecule has 0 spiro atoms. The molecule has 12 N–H and O–H groups in total. The zero-order chi connectivity index (χ0) is 43.8. The number of phosphoric ester groups is 3. The highest BCUT2D eigenvalue weighted by Crippen LogP contribution is 2.61. The van der Waals surface area contributed by atoms with E-state index < -0.39 is 90.6 Å². The number of amides is 2. The fourth-order valence-corrected chi connectivity index (χ4v) is 8.91. The van der Waals surface area contributed by atoms with Gasteiger partial charge < -0.3 is 56.6 Å². The second-order valence-electron chi connectivity index (χ2n) is 13.5. The summed E-state index contributed by atoms with van der Waals surface area (Å²) < 4.78 is 62.2. The molecule has 3 heterocycles. The lowest BCUT2D eigenvalue weighted by atomic mass is 9.87. The Labute approximate surface area is 340 Å². The number of fused-ring (bicyclic) bond motifs is 1. The summed E-state index contributed by atoms with van der Waals surface area (Å²) >= 11 is 1.01. The summed E-state index contributed by atoms with van der Waals surface area (Å²) in [4.78, 5) is 88.0. The number of imidazole rings is 1. The van der Waals surface area contributed by atoms with E-state index in [0.717, 1.165) is 34.5 Å². The van der Waals surface area contributed by atoms with Gasteiger partial charge in [-0.15, -0.1) is 0 Å². The Hall–Kier alpha value is -3.26. The first-order chi connectivity index (χ1) is 27.5. The monoisotopic (exact) mass is 914 g/mol. The van der Waals surface area contributed by atoms with Crippen LogP contribution in [0.15, 0.2) is 43.0 Å². The van der Waals surface area contributed by atoms with Crippen LogP contribution >= 0.6 is 35.2 Å². The molecule has 328 valence electrons. The maximum Gasteiger partial charge on any atom is 0.481 e. The molecule has 59 heavy (non-hydrogen) atoms. The smallest absolute Gasteiger partial charge is 0.386 e. The Morgan fingerprint density at radius 1 is 1.02 bits per heavy atom. The fraction of sp³-hybridized carbons (Fsp3) is 0.533. The van der Waals surface area contributed by atoms with E-state index in [1.54, 1.807) is 0 Å². The van der Waals surface area contributed by atoms with Crippen molar-refractivity contribution in [1.82, 2.24) is 30.2 Å². The zero-order valence-corrected chi connectivity index (χ0v) is 34.8. The van der Waals surface area contributed by atoms with Gasteiger partial charge in [-0.1, -0.05) is 55.9 Å². The number of nitrogens with two attached hydrogens (primary N) is 2. The average molecular weight is 915 g/mol. The quantitative estimate of drug-likeness (QED) is 0.0459. The number of aliphatic hydroxyl groups excluding tert-OH is 2. The third kappa shape index (κ3) is 14.4. The van der Waals surface area contributed by atoms with Gasteiger partial charge in [0.1, 0.15) is 36.3 Å². The molecule has 29 heteroatoms. The molecular weight excluding hydrogens is 869 g/mol. The number of anilines is 1. The number of aromatic nitrogens is 4. The lowest BCUT2D eigenvalue weighted by Crippen LogP contribution is -2.46. The number of phosphoric acid groups is 3. The van der Waals surface area contributed by atoms with Crippen molar-refractivity contribution in [3.05, 3.63) is 48.5 Å². The number of carbonyl (C=O) groups excluding carboxylic acids is 3. The van der Waals surface area contributed by atoms with Crippen molar-refractivity contribution in [3.63, 3.8) is 0 Å². The van der Waals surface area contributed by atoms with Gasteiger partial charge in [0.15, 0.2) is 22.8 Å². The minimum Gasteiger partial charge on any atom is -0.386 e. The third-order valence-electron chi connectivity index (χ3n) is 8.38. The van der Waals surface area contributed by atoms with Gasteiger partial charge in [0, 0.05) is 43.1 Å². The molecule has 1 fully saturated rings. The standard InChI is InChI=1S/C30H45N8O17P3S/c1-30(2,25(42)28(43)34-9-8-20(39)33-10-11-59-21(40)12-18(31)17-6-4-3-5-7-17)14-52-58(49,50)55-57(47,48)51-13-19-24(54-56(44,45)46)23(41)29(53-19)38-16-37-22-26(32)35-15-36-27(22)38/h3-7,15-16,18-19,23-25,29,41-42H,8-14,31H2,1-2H3,(H,33,39)(H,34,43)(H,47,48)(H,49,50)(H2,32,35,36)(H2,44,45,46)/t18-,19-,23-,24-,25?,29-/m1/s1. The Kier molecular flexibility index (Phi) is 16.8. The maximum atomic E-state index is 12.7. The molecule has 1 aliphatic rings. The lowest BCUT2D eigenvalue weighted by molar-refractivity contribution is -0.137. The van der Waals surface area contributed by atoms with Gasteiger partial charge in [-0.2, -0.15) is 4.31 Å². The molecule has 0 saturated carbocycles. The molecule has 1 aromatic carbocycles. The van der Waals surface area contributed by atoms with E-state index in [1.807, 2.05) is 30.3 Å². The molecule has 0 radical (unpaired) electrons. The molecule has 2 aromatic heterocycles. The number of carbonyl (C=O) groups is 3. The van der Waals surface area contributed by atoms with E-state index in [2.05, 4.69) is 34.4 Å². The average Bonchev–Trinajstić information content (AvgIpc) is 3.71. The van der Waals surface area contributed by atoms with E-state index in [1.165, 1.54) is 13.8 Å². The van der Waals surface area contributed by atoms with Gasteiger partial charge in [0.05, 0.1) is 19.5 Å². The number of nitrogens with one attached hydrogen (secondary N) is 2. The van der Waals surface area contributed by atoms with E-state index in [0.29, 0.717) is 0 Å². The first-order valence-electron chi connectivity index (χ1n) is 17.3. The van der Waals surface area contributed by atoms with Crippen LogP contribution in [-0.2, 0) is 50.7 Å². The van der Waals surface area contributed by atoms with E-state index >= 15 is 0 Å². The number of hydrogen-bond donors (Lipinski definition) is 10. The van der Waals surface area contributed by atoms with Crippen LogP contribution in [0.2, 0.25) is 0 Å². The highest BCUT2D eigenvalue weighted by Gasteiger charge is 2.50. The molecule has 25 nitrogen and oxygen atoms in total. The zero-order valence-electron chi connectivity index (χ0n) is 31.3. The van der Waals surface area contributed by atoms with Crippen molar-refractivity contribution >= 4 is 69.1 Å². The number of benzene rings is 1. The van der Waals surface area contributed by atoms with E-state index in [9.17, 15) is 57.9 Å². The summed E-state index contributed by atoms with van der Waals surface area (Å²) in [5, 5.41) is 26.3. The number of nitrogen functional groups attached to an aromatic ring is 1. The minimum atomic E-state index is -5.58. The van der Waals surface area contributed by atoms with Crippen LogP contribution in [0.5, 0.6) is 0 Å². The highest BCUT2D eigenvalue weighted by atomic mass is 32.2. The third-order valence-corrected chi connectivity index (χ3v) is 12.4.